The number of fused-ring (bicyclic) bond motifs is 1. The average Bonchev–Trinajstić information content (AvgIpc) is 3.22. The Morgan fingerprint density at radius 1 is 1.24 bits per heavy atom. The van der Waals surface area contributed by atoms with Gasteiger partial charge in [-0.15, -0.1) is 0 Å². The quantitative estimate of drug-likeness (QED) is 0.463. The first-order chi connectivity index (χ1) is 15.8. The number of aryl methyl sites for hydroxylation is 2. The third kappa shape index (κ3) is 4.53. The number of hydrogen-bond donors (Lipinski definition) is 4. The Hall–Kier alpha value is -3.49. The summed E-state index contributed by atoms with van der Waals surface area (Å²) in [5, 5.41) is 14.4. The van der Waals surface area contributed by atoms with E-state index in [1.807, 2.05) is 49.2 Å². The van der Waals surface area contributed by atoms with E-state index in [2.05, 4.69) is 29.6 Å². The zero-order valence-corrected chi connectivity index (χ0v) is 19.3. The van der Waals surface area contributed by atoms with E-state index in [1.165, 1.54) is 0 Å². The second-order valence-corrected chi connectivity index (χ2v) is 8.64. The lowest BCUT2D eigenvalue weighted by atomic mass is 10.0. The number of hydrogen-bond acceptors (Lipinski definition) is 6. The van der Waals surface area contributed by atoms with Crippen molar-refractivity contribution < 1.29 is 9.90 Å². The number of pyridine rings is 2. The molecule has 0 radical (unpaired) electrons. The minimum atomic E-state index is -0.264. The number of aromatic amines is 1. The molecule has 8 nitrogen and oxygen atoms in total. The van der Waals surface area contributed by atoms with Gasteiger partial charge in [0, 0.05) is 47.1 Å². The van der Waals surface area contributed by atoms with Crippen molar-refractivity contribution in [2.75, 3.05) is 5.01 Å². The van der Waals surface area contributed by atoms with Gasteiger partial charge in [-0.1, -0.05) is 18.2 Å². The second kappa shape index (κ2) is 9.17. The number of anilines is 1. The Morgan fingerprint density at radius 2 is 2.03 bits per heavy atom. The molecule has 0 unspecified atom stereocenters. The van der Waals surface area contributed by atoms with E-state index in [0.717, 1.165) is 27.9 Å². The maximum absolute atomic E-state index is 13.3. The first kappa shape index (κ1) is 22.7. The van der Waals surface area contributed by atoms with E-state index in [-0.39, 0.29) is 30.7 Å². The molecule has 4 rings (SSSR count). The van der Waals surface area contributed by atoms with E-state index in [9.17, 15) is 14.7 Å². The molecule has 8 heteroatoms. The van der Waals surface area contributed by atoms with E-state index in [0.29, 0.717) is 29.2 Å². The van der Waals surface area contributed by atoms with Crippen molar-refractivity contribution in [3.63, 3.8) is 0 Å². The van der Waals surface area contributed by atoms with Gasteiger partial charge in [-0.25, -0.2) is 10.4 Å². The second-order valence-electron chi connectivity index (χ2n) is 8.64. The highest BCUT2D eigenvalue weighted by Crippen LogP contribution is 2.32. The summed E-state index contributed by atoms with van der Waals surface area (Å²) in [6.45, 7) is 8.35. The Morgan fingerprint density at radius 3 is 2.73 bits per heavy atom. The highest BCUT2D eigenvalue weighted by molar-refractivity contribution is 5.98. The van der Waals surface area contributed by atoms with Crippen molar-refractivity contribution in [2.45, 2.75) is 53.4 Å². The first-order valence-corrected chi connectivity index (χ1v) is 11.0. The molecule has 4 N–H and O–H groups in total. The molecule has 0 spiro atoms. The van der Waals surface area contributed by atoms with E-state index < -0.39 is 0 Å². The van der Waals surface area contributed by atoms with Crippen LogP contribution in [0.15, 0.2) is 41.2 Å². The largest absolute Gasteiger partial charge is 0.392 e. The molecular weight excluding hydrogens is 418 g/mol. The third-order valence-corrected chi connectivity index (χ3v) is 5.84. The number of H-pyrrole nitrogens is 1. The molecule has 0 atom stereocenters. The van der Waals surface area contributed by atoms with Crippen molar-refractivity contribution in [2.24, 2.45) is 0 Å². The fraction of sp³-hybridized carbons (Fsp3) is 0.320. The normalized spacial score (nSPS) is 12.8. The van der Waals surface area contributed by atoms with Gasteiger partial charge in [0.25, 0.3) is 11.5 Å². The molecule has 172 valence electrons. The maximum atomic E-state index is 13.3. The number of nitrogens with one attached hydrogen (secondary N) is 3. The monoisotopic (exact) mass is 447 g/mol. The molecule has 1 amide bonds. The maximum Gasteiger partial charge on any atom is 0.253 e. The summed E-state index contributed by atoms with van der Waals surface area (Å²) in [6, 6.07) is 11.3. The standard InChI is InChI=1S/C25H29N5O3/c1-14(2)30-23-21(12-27-30)19(10-22(29-23)18-7-5-6-17(9-18)13-31)24(32)26-11-20-15(3)8-16(4)28-25(20)33/h5-10,14,27,31H,11-13H2,1-4H3,(H,26,32)(H,28,33). The molecule has 1 aliphatic heterocycles. The summed E-state index contributed by atoms with van der Waals surface area (Å²) < 4.78 is 0. The predicted molar refractivity (Wildman–Crippen MR) is 128 cm³/mol. The van der Waals surface area contributed by atoms with Crippen LogP contribution in [-0.4, -0.2) is 27.0 Å². The molecule has 3 aromatic rings. The Bertz CT molecular complexity index is 1270. The van der Waals surface area contributed by atoms with Gasteiger partial charge in [-0.05, 0) is 57.0 Å². The summed E-state index contributed by atoms with van der Waals surface area (Å²) in [4.78, 5) is 33.3. The summed E-state index contributed by atoms with van der Waals surface area (Å²) in [6.07, 6.45) is 0. The fourth-order valence-corrected chi connectivity index (χ4v) is 4.14. The van der Waals surface area contributed by atoms with Crippen LogP contribution in [-0.2, 0) is 19.7 Å². The number of aliphatic hydroxyl groups is 1. The van der Waals surface area contributed by atoms with Crippen LogP contribution in [0.5, 0.6) is 0 Å². The number of benzene rings is 1. The van der Waals surface area contributed by atoms with Crippen molar-refractivity contribution in [1.82, 2.24) is 20.7 Å². The molecule has 0 bridgehead atoms. The molecule has 0 fully saturated rings. The van der Waals surface area contributed by atoms with Gasteiger partial charge in [-0.3, -0.25) is 14.6 Å². The zero-order chi connectivity index (χ0) is 23.7. The SMILES string of the molecule is Cc1cc(C)c(CNC(=O)c2cc(-c3cccc(CO)c3)nc3c2CNN3C(C)C)c(=O)[nH]1. The van der Waals surface area contributed by atoms with Crippen LogP contribution in [0, 0.1) is 13.8 Å². The van der Waals surface area contributed by atoms with E-state index in [4.69, 9.17) is 4.98 Å². The Labute approximate surface area is 192 Å². The average molecular weight is 448 g/mol. The lowest BCUT2D eigenvalue weighted by Gasteiger charge is -2.23. The van der Waals surface area contributed by atoms with Crippen molar-refractivity contribution in [3.05, 3.63) is 80.3 Å². The van der Waals surface area contributed by atoms with Gasteiger partial charge in [0.1, 0.15) is 5.82 Å². The van der Waals surface area contributed by atoms with Gasteiger partial charge in [0.2, 0.25) is 0 Å². The van der Waals surface area contributed by atoms with E-state index in [1.54, 1.807) is 6.07 Å². The highest BCUT2D eigenvalue weighted by Gasteiger charge is 2.29. The zero-order valence-electron chi connectivity index (χ0n) is 19.3. The van der Waals surface area contributed by atoms with Gasteiger partial charge in [0.05, 0.1) is 12.3 Å². The Balaban J connectivity index is 1.72. The number of aliphatic hydroxyl groups excluding tert-OH is 1. The van der Waals surface area contributed by atoms with Crippen LogP contribution in [0.1, 0.15) is 52.2 Å². The number of aromatic nitrogens is 2. The van der Waals surface area contributed by atoms with Crippen molar-refractivity contribution in [3.8, 4) is 11.3 Å². The molecule has 0 aliphatic carbocycles. The van der Waals surface area contributed by atoms with Crippen LogP contribution in [0.25, 0.3) is 11.3 Å². The molecule has 1 aromatic carbocycles. The molecule has 2 aromatic heterocycles. The van der Waals surface area contributed by atoms with Gasteiger partial charge in [-0.2, -0.15) is 0 Å². The van der Waals surface area contributed by atoms with Crippen LogP contribution in [0.4, 0.5) is 5.82 Å². The van der Waals surface area contributed by atoms with Crippen molar-refractivity contribution in [1.29, 1.82) is 0 Å². The molecular formula is C25H29N5O3. The smallest absolute Gasteiger partial charge is 0.253 e. The summed E-state index contributed by atoms with van der Waals surface area (Å²) in [5.74, 6) is 0.450. The predicted octanol–water partition coefficient (Wildman–Crippen LogP) is 2.71. The van der Waals surface area contributed by atoms with Crippen LogP contribution in [0.3, 0.4) is 0 Å². The highest BCUT2D eigenvalue weighted by atomic mass is 16.3. The van der Waals surface area contributed by atoms with Gasteiger partial charge in [0.15, 0.2) is 0 Å². The number of hydrazine groups is 1. The summed E-state index contributed by atoms with van der Waals surface area (Å²) >= 11 is 0. The van der Waals surface area contributed by atoms with Crippen LogP contribution >= 0.6 is 0 Å². The number of carbonyl (C=O) groups is 1. The number of nitrogens with zero attached hydrogens (tertiary/aromatic N) is 2. The lowest BCUT2D eigenvalue weighted by molar-refractivity contribution is 0.0950. The van der Waals surface area contributed by atoms with Crippen LogP contribution in [0.2, 0.25) is 0 Å². The molecule has 0 saturated heterocycles. The fourth-order valence-electron chi connectivity index (χ4n) is 4.14. The molecule has 33 heavy (non-hydrogen) atoms. The van der Waals surface area contributed by atoms with E-state index >= 15 is 0 Å². The summed E-state index contributed by atoms with van der Waals surface area (Å²) in [7, 11) is 0. The number of rotatable bonds is 6. The third-order valence-electron chi connectivity index (χ3n) is 5.84. The molecule has 0 saturated carbocycles. The number of amides is 1. The minimum absolute atomic E-state index is 0.0732. The van der Waals surface area contributed by atoms with Gasteiger partial charge >= 0.3 is 0 Å². The topological polar surface area (TPSA) is 110 Å². The number of carbonyl (C=O) groups excluding carboxylic acids is 1. The first-order valence-electron chi connectivity index (χ1n) is 11.0. The Kier molecular flexibility index (Phi) is 6.31. The van der Waals surface area contributed by atoms with Gasteiger partial charge < -0.3 is 15.4 Å². The molecule has 1 aliphatic rings. The van der Waals surface area contributed by atoms with Crippen LogP contribution < -0.4 is 21.3 Å². The minimum Gasteiger partial charge on any atom is -0.392 e. The summed E-state index contributed by atoms with van der Waals surface area (Å²) in [5.41, 5.74) is 8.85. The lowest BCUT2D eigenvalue weighted by Crippen LogP contribution is -2.38. The molecule has 3 heterocycles. The van der Waals surface area contributed by atoms with Crippen molar-refractivity contribution >= 4 is 11.7 Å².